The molecule has 0 spiro atoms. The van der Waals surface area contributed by atoms with E-state index in [1.54, 1.807) is 48.5 Å². The Kier molecular flexibility index (Phi) is 6.95. The van der Waals surface area contributed by atoms with Gasteiger partial charge in [-0.25, -0.2) is 0 Å². The average molecular weight is 568 g/mol. The van der Waals surface area contributed by atoms with Gasteiger partial charge in [0.25, 0.3) is 0 Å². The summed E-state index contributed by atoms with van der Waals surface area (Å²) in [7, 11) is 0. The highest BCUT2D eigenvalue weighted by Gasteiger charge is 2.30. The van der Waals surface area contributed by atoms with E-state index in [4.69, 9.17) is 11.5 Å². The number of rotatable bonds is 8. The summed E-state index contributed by atoms with van der Waals surface area (Å²) in [5.41, 5.74) is 20.1. The number of ketones is 3. The van der Waals surface area contributed by atoms with Gasteiger partial charge in [0.15, 0.2) is 17.3 Å². The largest absolute Gasteiger partial charge is 0.399 e. The predicted molar refractivity (Wildman–Crippen MR) is 171 cm³/mol. The number of anilines is 4. The van der Waals surface area contributed by atoms with E-state index < -0.39 is 0 Å². The molecule has 8 heteroatoms. The maximum Gasteiger partial charge on any atom is 0.194 e. The minimum absolute atomic E-state index is 0.0165. The number of fused-ring (bicyclic) bond motifs is 4. The fourth-order valence-corrected chi connectivity index (χ4v) is 5.46. The average Bonchev–Trinajstić information content (AvgIpc) is 3.01. The summed E-state index contributed by atoms with van der Waals surface area (Å²) in [4.78, 5) is 43.6. The molecule has 6 N–H and O–H groups in total. The van der Waals surface area contributed by atoms with Crippen LogP contribution in [0.25, 0.3) is 0 Å². The van der Waals surface area contributed by atoms with Crippen LogP contribution in [0.15, 0.2) is 103 Å². The van der Waals surface area contributed by atoms with Gasteiger partial charge in [-0.15, -0.1) is 0 Å². The van der Waals surface area contributed by atoms with Crippen molar-refractivity contribution in [1.29, 1.82) is 0 Å². The third-order valence-electron chi connectivity index (χ3n) is 7.66. The molecule has 0 unspecified atom stereocenters. The second-order valence-electron chi connectivity index (χ2n) is 10.6. The lowest BCUT2D eigenvalue weighted by Crippen LogP contribution is -2.21. The highest BCUT2D eigenvalue weighted by molar-refractivity contribution is 6.28. The van der Waals surface area contributed by atoms with Crippen molar-refractivity contribution in [1.82, 2.24) is 0 Å². The summed E-state index contributed by atoms with van der Waals surface area (Å²) >= 11 is 0. The second-order valence-corrected chi connectivity index (χ2v) is 10.6. The number of hydrogen-bond donors (Lipinski definition) is 4. The van der Waals surface area contributed by atoms with E-state index in [1.165, 1.54) is 0 Å². The summed E-state index contributed by atoms with van der Waals surface area (Å²) in [6.45, 7) is 8.66. The molecule has 0 aromatic heterocycles. The molecule has 8 nitrogen and oxygen atoms in total. The Hall–Kier alpha value is -5.76. The van der Waals surface area contributed by atoms with Gasteiger partial charge in [0, 0.05) is 56.1 Å². The molecule has 0 bridgehead atoms. The van der Waals surface area contributed by atoms with Gasteiger partial charge in [-0.3, -0.25) is 19.4 Å². The Morgan fingerprint density at radius 2 is 1.23 bits per heavy atom. The molecule has 0 saturated carbocycles. The van der Waals surface area contributed by atoms with Gasteiger partial charge in [0.05, 0.1) is 24.5 Å². The molecule has 2 aliphatic carbocycles. The Morgan fingerprint density at radius 3 is 1.95 bits per heavy atom. The highest BCUT2D eigenvalue weighted by atomic mass is 16.1. The number of carbonyl (C=O) groups is 3. The Balaban J connectivity index is 1.09. The molecule has 0 radical (unpaired) electrons. The number of nitrogens with zero attached hydrogens (tertiary/aromatic N) is 1. The van der Waals surface area contributed by atoms with E-state index in [2.05, 4.69) is 28.8 Å². The fourth-order valence-electron chi connectivity index (χ4n) is 5.46. The second kappa shape index (κ2) is 10.9. The van der Waals surface area contributed by atoms with Crippen LogP contribution in [0.1, 0.15) is 58.9 Å². The van der Waals surface area contributed by atoms with Crippen molar-refractivity contribution in [3.8, 4) is 0 Å². The van der Waals surface area contributed by atoms with Crippen molar-refractivity contribution < 1.29 is 14.4 Å². The minimum Gasteiger partial charge on any atom is -0.399 e. The van der Waals surface area contributed by atoms with E-state index in [1.807, 2.05) is 30.3 Å². The lowest BCUT2D eigenvalue weighted by atomic mass is 9.83. The molecule has 4 aromatic carbocycles. The van der Waals surface area contributed by atoms with Gasteiger partial charge in [0.2, 0.25) is 0 Å². The van der Waals surface area contributed by atoms with Crippen molar-refractivity contribution in [3.05, 3.63) is 142 Å². The zero-order valence-electron chi connectivity index (χ0n) is 23.4. The lowest BCUT2D eigenvalue weighted by Gasteiger charge is -2.20. The predicted octanol–water partition coefficient (Wildman–Crippen LogP) is 5.43. The molecule has 0 fully saturated rings. The maximum absolute atomic E-state index is 13.1. The molecule has 0 amide bonds. The van der Waals surface area contributed by atoms with E-state index >= 15 is 0 Å². The summed E-state index contributed by atoms with van der Waals surface area (Å²) in [5.74, 6) is -0.455. The SMILES string of the molecule is C=CC(CNc1ccc2c(c1)C(=O)c1ccc(N)cc1C2=O)=NC(=C)CNc1ccc2c(c1)Cc1ccc(N)cc1C2=O. The monoisotopic (exact) mass is 567 g/mol. The third-order valence-corrected chi connectivity index (χ3v) is 7.66. The van der Waals surface area contributed by atoms with Crippen LogP contribution >= 0.6 is 0 Å². The first-order valence-corrected chi connectivity index (χ1v) is 13.8. The molecule has 0 atom stereocenters. The molecule has 2 aliphatic rings. The van der Waals surface area contributed by atoms with Crippen LogP contribution in [0, 0.1) is 0 Å². The van der Waals surface area contributed by atoms with Crippen LogP contribution in [0.3, 0.4) is 0 Å². The number of nitrogens with one attached hydrogen (secondary N) is 2. The molecule has 0 heterocycles. The number of benzene rings is 4. The zero-order valence-corrected chi connectivity index (χ0v) is 23.4. The molecule has 43 heavy (non-hydrogen) atoms. The van der Waals surface area contributed by atoms with Crippen molar-refractivity contribution in [3.63, 3.8) is 0 Å². The van der Waals surface area contributed by atoms with E-state index in [-0.39, 0.29) is 17.3 Å². The topological polar surface area (TPSA) is 140 Å². The van der Waals surface area contributed by atoms with Crippen LogP contribution in [-0.2, 0) is 6.42 Å². The zero-order chi connectivity index (χ0) is 30.2. The number of hydrogen-bond acceptors (Lipinski definition) is 8. The van der Waals surface area contributed by atoms with Crippen LogP contribution in [0.2, 0.25) is 0 Å². The summed E-state index contributed by atoms with van der Waals surface area (Å²) in [6.07, 6.45) is 2.29. The quantitative estimate of drug-likeness (QED) is 0.142. The molecule has 212 valence electrons. The first-order valence-electron chi connectivity index (χ1n) is 13.8. The van der Waals surface area contributed by atoms with E-state index in [0.717, 1.165) is 16.8 Å². The summed E-state index contributed by atoms with van der Waals surface area (Å²) in [5, 5.41) is 6.59. The molecule has 0 aliphatic heterocycles. The van der Waals surface area contributed by atoms with Gasteiger partial charge in [-0.05, 0) is 90.4 Å². The molecule has 4 aromatic rings. The van der Waals surface area contributed by atoms with Gasteiger partial charge >= 0.3 is 0 Å². The van der Waals surface area contributed by atoms with Crippen molar-refractivity contribution in [2.75, 3.05) is 35.2 Å². The normalized spacial score (nSPS) is 13.4. The van der Waals surface area contributed by atoms with Gasteiger partial charge in [-0.2, -0.15) is 0 Å². The smallest absolute Gasteiger partial charge is 0.194 e. The molecular weight excluding hydrogens is 538 g/mol. The van der Waals surface area contributed by atoms with Gasteiger partial charge < -0.3 is 22.1 Å². The fraction of sp³-hybridized carbons (Fsp3) is 0.0857. The van der Waals surface area contributed by atoms with Crippen LogP contribution in [0.5, 0.6) is 0 Å². The van der Waals surface area contributed by atoms with Gasteiger partial charge in [-0.1, -0.05) is 19.2 Å². The summed E-state index contributed by atoms with van der Waals surface area (Å²) in [6, 6.07) is 21.0. The van der Waals surface area contributed by atoms with Crippen molar-refractivity contribution >= 4 is 45.8 Å². The van der Waals surface area contributed by atoms with Crippen LogP contribution in [-0.4, -0.2) is 36.2 Å². The molecule has 6 rings (SSSR count). The first kappa shape index (κ1) is 27.4. The standard InChI is InChI=1S/C35H29N5O3/c1-3-24(18-39-26-8-11-29-32(16-26)35(43)28-9-6-23(37)15-31(28)34(29)42)40-19(2)17-38-25-7-10-27-21(13-25)12-20-4-5-22(36)14-30(20)33(27)41/h3-11,13-16,38-39H,1-2,12,17-18,36-37H2. The Morgan fingerprint density at radius 1 is 0.674 bits per heavy atom. The molecular formula is C35H29N5O3. The van der Waals surface area contributed by atoms with Gasteiger partial charge in [0.1, 0.15) is 0 Å². The maximum atomic E-state index is 13.1. The number of nitrogen functional groups attached to an aromatic ring is 2. The number of carbonyl (C=O) groups excluding carboxylic acids is 3. The van der Waals surface area contributed by atoms with Crippen LogP contribution < -0.4 is 22.1 Å². The van der Waals surface area contributed by atoms with E-state index in [9.17, 15) is 14.4 Å². The molecule has 0 saturated heterocycles. The minimum atomic E-state index is -0.221. The van der Waals surface area contributed by atoms with Crippen molar-refractivity contribution in [2.45, 2.75) is 6.42 Å². The summed E-state index contributed by atoms with van der Waals surface area (Å²) < 4.78 is 0. The number of nitrogens with two attached hydrogens (primary N) is 2. The Bertz CT molecular complexity index is 1920. The lowest BCUT2D eigenvalue weighted by molar-refractivity contribution is 0.0979. The number of aliphatic imine (C=N–C) groups is 1. The van der Waals surface area contributed by atoms with Crippen LogP contribution in [0.4, 0.5) is 22.7 Å². The first-order chi connectivity index (χ1) is 20.7. The third kappa shape index (κ3) is 5.22. The van der Waals surface area contributed by atoms with Crippen molar-refractivity contribution in [2.24, 2.45) is 4.99 Å². The Labute approximate surface area is 248 Å². The highest BCUT2D eigenvalue weighted by Crippen LogP contribution is 2.31. The van der Waals surface area contributed by atoms with E-state index in [0.29, 0.717) is 81.4 Å².